The van der Waals surface area contributed by atoms with Crippen LogP contribution in [0.1, 0.15) is 22.6 Å². The molecule has 0 unspecified atom stereocenters. The van der Waals surface area contributed by atoms with Gasteiger partial charge in [-0.3, -0.25) is 9.59 Å². The van der Waals surface area contributed by atoms with Crippen LogP contribution >= 0.6 is 11.6 Å². The predicted octanol–water partition coefficient (Wildman–Crippen LogP) is 3.90. The van der Waals surface area contributed by atoms with E-state index < -0.39 is 5.92 Å². The Morgan fingerprint density at radius 1 is 0.750 bits per heavy atom. The Morgan fingerprint density at radius 3 is 1.86 bits per heavy atom. The van der Waals surface area contributed by atoms with E-state index in [2.05, 4.69) is 10.6 Å². The molecule has 0 aliphatic heterocycles. The highest BCUT2D eigenvalue weighted by atomic mass is 35.5. The van der Waals surface area contributed by atoms with Gasteiger partial charge in [0.25, 0.3) is 0 Å². The summed E-state index contributed by atoms with van der Waals surface area (Å²) >= 11 is 6.09. The van der Waals surface area contributed by atoms with Crippen LogP contribution in [0.5, 0.6) is 0 Å². The lowest BCUT2D eigenvalue weighted by Gasteiger charge is -2.18. The molecule has 0 aliphatic carbocycles. The van der Waals surface area contributed by atoms with Crippen molar-refractivity contribution < 1.29 is 9.59 Å². The van der Waals surface area contributed by atoms with Crippen LogP contribution in [0.3, 0.4) is 0 Å². The Kier molecular flexibility index (Phi) is 6.82. The van der Waals surface area contributed by atoms with Crippen LogP contribution in [0, 0.1) is 0 Å². The van der Waals surface area contributed by atoms with Crippen LogP contribution < -0.4 is 10.6 Å². The average Bonchev–Trinajstić information content (AvgIpc) is 2.73. The number of carbonyl (C=O) groups excluding carboxylic acids is 2. The predicted molar refractivity (Wildman–Crippen MR) is 111 cm³/mol. The lowest BCUT2D eigenvalue weighted by molar-refractivity contribution is -0.126. The van der Waals surface area contributed by atoms with Crippen molar-refractivity contribution in [1.82, 2.24) is 10.6 Å². The molecule has 0 radical (unpaired) electrons. The summed E-state index contributed by atoms with van der Waals surface area (Å²) in [6, 6.07) is 26.4. The second-order valence-corrected chi connectivity index (χ2v) is 6.75. The summed E-state index contributed by atoms with van der Waals surface area (Å²) in [5.41, 5.74) is 2.58. The van der Waals surface area contributed by atoms with Gasteiger partial charge in [-0.05, 0) is 22.8 Å². The summed E-state index contributed by atoms with van der Waals surface area (Å²) < 4.78 is 0. The fraction of sp³-hybridized carbons (Fsp3) is 0.130. The number of nitrogens with one attached hydrogen (secondary N) is 2. The zero-order valence-corrected chi connectivity index (χ0v) is 16.0. The van der Waals surface area contributed by atoms with Crippen LogP contribution in [0.15, 0.2) is 84.9 Å². The molecule has 5 heteroatoms. The van der Waals surface area contributed by atoms with Crippen molar-refractivity contribution in [3.8, 4) is 0 Å². The number of carbonyl (C=O) groups is 2. The van der Waals surface area contributed by atoms with Gasteiger partial charge in [-0.1, -0.05) is 90.5 Å². The molecular formula is C23H21ClN2O2. The quantitative estimate of drug-likeness (QED) is 0.640. The molecule has 2 amide bonds. The Balaban J connectivity index is 1.62. The summed E-state index contributed by atoms with van der Waals surface area (Å²) in [6.07, 6.45) is 0. The normalized spacial score (nSPS) is 10.5. The van der Waals surface area contributed by atoms with Gasteiger partial charge < -0.3 is 10.6 Å². The van der Waals surface area contributed by atoms with E-state index in [4.69, 9.17) is 11.6 Å². The fourth-order valence-electron chi connectivity index (χ4n) is 2.95. The Morgan fingerprint density at radius 2 is 1.29 bits per heavy atom. The monoisotopic (exact) mass is 392 g/mol. The second-order valence-electron chi connectivity index (χ2n) is 6.34. The van der Waals surface area contributed by atoms with Crippen molar-refractivity contribution in [3.63, 3.8) is 0 Å². The van der Waals surface area contributed by atoms with Crippen molar-refractivity contribution in [2.45, 2.75) is 12.5 Å². The van der Waals surface area contributed by atoms with Crippen LogP contribution in [-0.2, 0) is 16.1 Å². The summed E-state index contributed by atoms with van der Waals surface area (Å²) in [4.78, 5) is 25.0. The van der Waals surface area contributed by atoms with Gasteiger partial charge in [0.1, 0.15) is 0 Å². The lowest BCUT2D eigenvalue weighted by atomic mass is 9.90. The molecule has 0 atom stereocenters. The fourth-order valence-corrected chi connectivity index (χ4v) is 3.16. The van der Waals surface area contributed by atoms with Crippen molar-refractivity contribution in [3.05, 3.63) is 107 Å². The molecule has 0 aromatic heterocycles. The minimum absolute atomic E-state index is 0.0978. The molecule has 4 nitrogen and oxygen atoms in total. The van der Waals surface area contributed by atoms with Crippen LogP contribution in [0.25, 0.3) is 0 Å². The van der Waals surface area contributed by atoms with E-state index in [1.165, 1.54) is 0 Å². The molecule has 0 aliphatic rings. The Bertz CT molecular complexity index is 890. The van der Waals surface area contributed by atoms with Crippen molar-refractivity contribution in [1.29, 1.82) is 0 Å². The van der Waals surface area contributed by atoms with E-state index in [1.807, 2.05) is 78.9 Å². The molecule has 142 valence electrons. The molecule has 2 N–H and O–H groups in total. The minimum Gasteiger partial charge on any atom is -0.350 e. The largest absolute Gasteiger partial charge is 0.350 e. The van der Waals surface area contributed by atoms with E-state index >= 15 is 0 Å². The van der Waals surface area contributed by atoms with E-state index in [-0.39, 0.29) is 18.4 Å². The summed E-state index contributed by atoms with van der Waals surface area (Å²) in [7, 11) is 0. The van der Waals surface area contributed by atoms with E-state index in [1.54, 1.807) is 6.07 Å². The van der Waals surface area contributed by atoms with Crippen LogP contribution in [-0.4, -0.2) is 18.4 Å². The zero-order chi connectivity index (χ0) is 19.8. The number of halogens is 1. The van der Waals surface area contributed by atoms with Gasteiger partial charge in [-0.2, -0.15) is 0 Å². The Labute approximate surface area is 169 Å². The maximum Gasteiger partial charge on any atom is 0.239 e. The first-order valence-corrected chi connectivity index (χ1v) is 9.40. The van der Waals surface area contributed by atoms with Gasteiger partial charge in [-0.15, -0.1) is 0 Å². The molecule has 0 fully saturated rings. The third-order valence-electron chi connectivity index (χ3n) is 4.39. The number of hydrogen-bond acceptors (Lipinski definition) is 2. The SMILES string of the molecule is O=C(CNC(=O)C(c1ccccc1)c1ccccc1)NCc1ccccc1Cl. The number of benzene rings is 3. The molecule has 3 aromatic rings. The van der Waals surface area contributed by atoms with Gasteiger partial charge in [0.2, 0.25) is 11.8 Å². The first-order valence-electron chi connectivity index (χ1n) is 9.03. The molecule has 28 heavy (non-hydrogen) atoms. The third kappa shape index (κ3) is 5.21. The van der Waals surface area contributed by atoms with Gasteiger partial charge in [-0.25, -0.2) is 0 Å². The zero-order valence-electron chi connectivity index (χ0n) is 15.3. The Hall–Kier alpha value is -3.11. The summed E-state index contributed by atoms with van der Waals surface area (Å²) in [5, 5.41) is 6.12. The van der Waals surface area contributed by atoms with Crippen LogP contribution in [0.2, 0.25) is 5.02 Å². The summed E-state index contributed by atoms with van der Waals surface area (Å²) in [6.45, 7) is 0.217. The van der Waals surface area contributed by atoms with Crippen molar-refractivity contribution >= 4 is 23.4 Å². The second kappa shape index (κ2) is 9.72. The number of amides is 2. The maximum absolute atomic E-state index is 12.9. The lowest BCUT2D eigenvalue weighted by Crippen LogP contribution is -2.39. The van der Waals surface area contributed by atoms with Crippen LogP contribution in [0.4, 0.5) is 0 Å². The molecular weight excluding hydrogens is 372 g/mol. The molecule has 0 bridgehead atoms. The van der Waals surface area contributed by atoms with E-state index in [0.717, 1.165) is 16.7 Å². The highest BCUT2D eigenvalue weighted by molar-refractivity contribution is 6.31. The van der Waals surface area contributed by atoms with Crippen molar-refractivity contribution in [2.24, 2.45) is 0 Å². The van der Waals surface area contributed by atoms with Gasteiger partial charge in [0, 0.05) is 11.6 Å². The molecule has 0 saturated heterocycles. The smallest absolute Gasteiger partial charge is 0.239 e. The van der Waals surface area contributed by atoms with Gasteiger partial charge in [0.15, 0.2) is 0 Å². The van der Waals surface area contributed by atoms with Gasteiger partial charge >= 0.3 is 0 Å². The number of hydrogen-bond donors (Lipinski definition) is 2. The molecule has 0 saturated carbocycles. The average molecular weight is 393 g/mol. The molecule has 0 heterocycles. The van der Waals surface area contributed by atoms with E-state index in [0.29, 0.717) is 11.6 Å². The van der Waals surface area contributed by atoms with Gasteiger partial charge in [0.05, 0.1) is 12.5 Å². The highest BCUT2D eigenvalue weighted by Gasteiger charge is 2.22. The first kappa shape index (κ1) is 19.6. The summed E-state index contributed by atoms with van der Waals surface area (Å²) in [5.74, 6) is -0.961. The standard InChI is InChI=1S/C23H21ClN2O2/c24-20-14-8-7-13-19(20)15-25-21(27)16-26-23(28)22(17-9-3-1-4-10-17)18-11-5-2-6-12-18/h1-14,22H,15-16H2,(H,25,27)(H,26,28). The molecule has 3 aromatic carbocycles. The third-order valence-corrected chi connectivity index (χ3v) is 4.75. The minimum atomic E-state index is -0.473. The number of rotatable bonds is 7. The molecule has 3 rings (SSSR count). The molecule has 0 spiro atoms. The maximum atomic E-state index is 12.9. The topological polar surface area (TPSA) is 58.2 Å². The first-order chi connectivity index (χ1) is 13.6. The highest BCUT2D eigenvalue weighted by Crippen LogP contribution is 2.24. The van der Waals surface area contributed by atoms with E-state index in [9.17, 15) is 9.59 Å². The van der Waals surface area contributed by atoms with Crippen molar-refractivity contribution in [2.75, 3.05) is 6.54 Å².